The van der Waals surface area contributed by atoms with Crippen molar-refractivity contribution in [2.75, 3.05) is 11.9 Å². The summed E-state index contributed by atoms with van der Waals surface area (Å²) in [7, 11) is 0. The fourth-order valence-corrected chi connectivity index (χ4v) is 9.87. The number of anilines is 1. The van der Waals surface area contributed by atoms with Crippen molar-refractivity contribution < 1.29 is 34.4 Å². The molecule has 13 heteroatoms. The van der Waals surface area contributed by atoms with E-state index in [1.54, 1.807) is 30.5 Å². The second-order valence-corrected chi connectivity index (χ2v) is 14.0. The number of carbonyl (C=O) groups is 3. The van der Waals surface area contributed by atoms with Crippen molar-refractivity contribution in [2.45, 2.75) is 82.0 Å². The van der Waals surface area contributed by atoms with Gasteiger partial charge in [0.15, 0.2) is 5.69 Å². The van der Waals surface area contributed by atoms with Crippen LogP contribution in [0.3, 0.4) is 0 Å². The zero-order chi connectivity index (χ0) is 32.3. The van der Waals surface area contributed by atoms with E-state index in [2.05, 4.69) is 37.7 Å². The molecule has 5 aliphatic rings. The molecule has 46 heavy (non-hydrogen) atoms. The van der Waals surface area contributed by atoms with Crippen molar-refractivity contribution in [3.05, 3.63) is 53.8 Å². The average Bonchev–Trinajstić information content (AvgIpc) is 3.75. The predicted octanol–water partition coefficient (Wildman–Crippen LogP) is 2.49. The first-order valence-electron chi connectivity index (χ1n) is 16.1. The van der Waals surface area contributed by atoms with Crippen molar-refractivity contribution in [1.29, 1.82) is 0 Å². The quantitative estimate of drug-likeness (QED) is 0.157. The summed E-state index contributed by atoms with van der Waals surface area (Å²) in [4.78, 5) is 48.8. The summed E-state index contributed by atoms with van der Waals surface area (Å²) < 4.78 is 5.24. The Hall–Kier alpha value is -3.94. The molecule has 0 saturated heterocycles. The Morgan fingerprint density at radius 3 is 2.65 bits per heavy atom. The number of aromatic amines is 1. The number of H-pyrrole nitrogens is 1. The SMILES string of the molecule is CC12CC[C@H]3[C@@H](CCC4(O)C[C@H](O)CCC34C=NNC(=O)c3nc[nH]c3C(=O)Nc3ccccn3)C1(O)CCC2C1=CC(=O)OC1. The number of carbonyl (C=O) groups excluding carboxylic acids is 3. The smallest absolute Gasteiger partial charge is 0.331 e. The summed E-state index contributed by atoms with van der Waals surface area (Å²) in [6, 6.07) is 5.06. The molecule has 1 aliphatic heterocycles. The van der Waals surface area contributed by atoms with Gasteiger partial charge in [-0.05, 0) is 86.8 Å². The minimum absolute atomic E-state index is 0.0284. The Morgan fingerprint density at radius 2 is 1.89 bits per heavy atom. The molecule has 0 bridgehead atoms. The lowest BCUT2D eigenvalue weighted by Gasteiger charge is -2.65. The molecule has 4 saturated carbocycles. The van der Waals surface area contributed by atoms with Gasteiger partial charge in [0, 0.05) is 35.7 Å². The summed E-state index contributed by atoms with van der Waals surface area (Å²) in [5, 5.41) is 42.4. The van der Waals surface area contributed by atoms with Crippen molar-refractivity contribution >= 4 is 29.8 Å². The highest BCUT2D eigenvalue weighted by Crippen LogP contribution is 2.70. The number of nitrogens with zero attached hydrogens (tertiary/aromatic N) is 3. The van der Waals surface area contributed by atoms with Crippen molar-refractivity contribution in [1.82, 2.24) is 20.4 Å². The van der Waals surface area contributed by atoms with E-state index in [-0.39, 0.29) is 48.1 Å². The van der Waals surface area contributed by atoms with Gasteiger partial charge < -0.3 is 30.4 Å². The predicted molar refractivity (Wildman–Crippen MR) is 164 cm³/mol. The number of ether oxygens (including phenoxy) is 1. The van der Waals surface area contributed by atoms with Crippen LogP contribution in [0.15, 0.2) is 47.5 Å². The molecule has 4 aliphatic carbocycles. The van der Waals surface area contributed by atoms with Gasteiger partial charge in [-0.2, -0.15) is 5.10 Å². The molecule has 2 aromatic rings. The van der Waals surface area contributed by atoms with Crippen molar-refractivity contribution in [2.24, 2.45) is 33.7 Å². The Labute approximate surface area is 265 Å². The second kappa shape index (κ2) is 11.1. The number of amides is 2. The molecule has 13 nitrogen and oxygen atoms in total. The number of aliphatic hydroxyl groups excluding tert-OH is 1. The zero-order valence-electron chi connectivity index (χ0n) is 25.7. The van der Waals surface area contributed by atoms with Gasteiger partial charge in [0.2, 0.25) is 0 Å². The Morgan fingerprint density at radius 1 is 1.07 bits per heavy atom. The average molecular weight is 633 g/mol. The molecule has 244 valence electrons. The van der Waals surface area contributed by atoms with Crippen LogP contribution in [0.4, 0.5) is 5.82 Å². The number of aromatic nitrogens is 3. The molecule has 0 aromatic carbocycles. The maximum atomic E-state index is 13.2. The molecule has 4 fully saturated rings. The number of hydrazone groups is 1. The lowest BCUT2D eigenvalue weighted by Crippen LogP contribution is -2.68. The van der Waals surface area contributed by atoms with Crippen LogP contribution in [-0.4, -0.2) is 78.2 Å². The van der Waals surface area contributed by atoms with Gasteiger partial charge in [-0.15, -0.1) is 0 Å². The number of hydrogen-bond acceptors (Lipinski definition) is 10. The topological polar surface area (TPSA) is 199 Å². The minimum Gasteiger partial charge on any atom is -0.458 e. The first-order valence-corrected chi connectivity index (χ1v) is 16.1. The number of imidazole rings is 1. The monoisotopic (exact) mass is 632 g/mol. The number of esters is 1. The number of pyridine rings is 1. The zero-order valence-corrected chi connectivity index (χ0v) is 25.7. The fourth-order valence-electron chi connectivity index (χ4n) is 9.87. The summed E-state index contributed by atoms with van der Waals surface area (Å²) in [5.74, 6) is -1.59. The number of aliphatic hydroxyl groups is 3. The second-order valence-electron chi connectivity index (χ2n) is 14.0. The largest absolute Gasteiger partial charge is 0.458 e. The van der Waals surface area contributed by atoms with E-state index in [9.17, 15) is 29.7 Å². The molecule has 2 amide bonds. The summed E-state index contributed by atoms with van der Waals surface area (Å²) in [6.07, 6.45) is 10.1. The number of hydrogen-bond donors (Lipinski definition) is 6. The van der Waals surface area contributed by atoms with Crippen LogP contribution in [0.5, 0.6) is 0 Å². The van der Waals surface area contributed by atoms with Gasteiger partial charge in [0.05, 0.1) is 23.6 Å². The lowest BCUT2D eigenvalue weighted by molar-refractivity contribution is -0.237. The molecule has 8 atom stereocenters. The first-order chi connectivity index (χ1) is 22.0. The van der Waals surface area contributed by atoms with Crippen LogP contribution in [0, 0.1) is 28.6 Å². The molecular weight excluding hydrogens is 592 g/mol. The van der Waals surface area contributed by atoms with Crippen LogP contribution in [0.1, 0.15) is 85.7 Å². The van der Waals surface area contributed by atoms with E-state index in [1.807, 2.05) is 0 Å². The van der Waals surface area contributed by atoms with E-state index < -0.39 is 40.0 Å². The highest BCUT2D eigenvalue weighted by Gasteiger charge is 2.71. The molecule has 6 N–H and O–H groups in total. The van der Waals surface area contributed by atoms with Crippen molar-refractivity contribution in [3.8, 4) is 0 Å². The molecule has 5 unspecified atom stereocenters. The molecule has 3 heterocycles. The Bertz CT molecular complexity index is 1610. The van der Waals surface area contributed by atoms with Crippen molar-refractivity contribution in [3.63, 3.8) is 0 Å². The highest BCUT2D eigenvalue weighted by atomic mass is 16.5. The van der Waals surface area contributed by atoms with Gasteiger partial charge >= 0.3 is 5.97 Å². The van der Waals surface area contributed by atoms with Gasteiger partial charge in [-0.25, -0.2) is 20.2 Å². The Kier molecular flexibility index (Phi) is 7.41. The van der Waals surface area contributed by atoms with Gasteiger partial charge in [-0.3, -0.25) is 9.59 Å². The third-order valence-corrected chi connectivity index (χ3v) is 12.1. The van der Waals surface area contributed by atoms with Crippen LogP contribution in [-0.2, 0) is 9.53 Å². The van der Waals surface area contributed by atoms with E-state index in [4.69, 9.17) is 4.74 Å². The highest BCUT2D eigenvalue weighted by molar-refractivity contribution is 6.09. The Balaban J connectivity index is 1.15. The van der Waals surface area contributed by atoms with E-state index in [0.717, 1.165) is 12.0 Å². The maximum Gasteiger partial charge on any atom is 0.331 e. The molecule has 7 rings (SSSR count). The third kappa shape index (κ3) is 4.62. The molecule has 0 radical (unpaired) electrons. The molecule has 2 aromatic heterocycles. The summed E-state index contributed by atoms with van der Waals surface area (Å²) in [5.41, 5.74) is -0.423. The van der Waals surface area contributed by atoms with Gasteiger partial charge in [0.25, 0.3) is 11.8 Å². The van der Waals surface area contributed by atoms with Crippen LogP contribution >= 0.6 is 0 Å². The van der Waals surface area contributed by atoms with E-state index in [0.29, 0.717) is 50.8 Å². The van der Waals surface area contributed by atoms with Crippen LogP contribution < -0.4 is 10.7 Å². The fraction of sp³-hybridized carbons (Fsp3) is 0.576. The maximum absolute atomic E-state index is 13.2. The standard InChI is InChI=1S/C33H40N6O7/c1-30-9-6-22-23(33(30,45)12-8-21(30)19-14-25(41)46-16-19)7-11-32(44)15-20(40)5-10-31(22,32)17-37-39-29(43)27-26(35-18-36-27)28(42)38-24-4-2-3-13-34-24/h2-4,13-14,17-18,20-23,40,44-45H,5-12,15-16H2,1H3,(H,35,36)(H,39,43)(H,34,38,42)/t20-,21?,22+,23-,30?,31?,32?,33?/m1/s1. The number of cyclic esters (lactones) is 1. The van der Waals surface area contributed by atoms with Crippen LogP contribution in [0.2, 0.25) is 0 Å². The number of nitrogens with one attached hydrogen (secondary N) is 3. The first kappa shape index (κ1) is 30.7. The van der Waals surface area contributed by atoms with E-state index in [1.165, 1.54) is 12.5 Å². The lowest BCUT2D eigenvalue weighted by atomic mass is 9.41. The number of fused-ring (bicyclic) bond motifs is 5. The molecular formula is C33H40N6O7. The molecule has 0 spiro atoms. The van der Waals surface area contributed by atoms with Gasteiger partial charge in [-0.1, -0.05) is 13.0 Å². The summed E-state index contributed by atoms with van der Waals surface area (Å²) in [6.45, 7) is 2.39. The normalized spacial score (nSPS) is 38.3. The third-order valence-electron chi connectivity index (χ3n) is 12.1. The van der Waals surface area contributed by atoms with Crippen LogP contribution in [0.25, 0.3) is 0 Å². The van der Waals surface area contributed by atoms with E-state index >= 15 is 0 Å². The van der Waals surface area contributed by atoms with Gasteiger partial charge in [0.1, 0.15) is 18.1 Å². The minimum atomic E-state index is -1.28. The summed E-state index contributed by atoms with van der Waals surface area (Å²) >= 11 is 0. The number of rotatable bonds is 6.